The number of amides is 1. The molecule has 1 aromatic carbocycles. The van der Waals surface area contributed by atoms with Crippen LogP contribution in [0, 0.1) is 0 Å². The van der Waals surface area contributed by atoms with Crippen molar-refractivity contribution in [3.05, 3.63) is 35.1 Å². The van der Waals surface area contributed by atoms with Crippen LogP contribution in [0.2, 0.25) is 5.02 Å². The molecule has 6 nitrogen and oxygen atoms in total. The summed E-state index contributed by atoms with van der Waals surface area (Å²) >= 11 is 7.47. The second-order valence-corrected chi connectivity index (χ2v) is 8.05. The number of halogens is 1. The van der Waals surface area contributed by atoms with Gasteiger partial charge in [0.05, 0.1) is 11.8 Å². The topological polar surface area (TPSA) is 54.3 Å². The largest absolute Gasteiger partial charge is 0.342 e. The smallest absolute Gasteiger partial charge is 0.233 e. The summed E-state index contributed by atoms with van der Waals surface area (Å²) in [6.45, 7) is 3.82. The number of aromatic nitrogens is 3. The van der Waals surface area contributed by atoms with Crippen molar-refractivity contribution in [1.82, 2.24) is 24.6 Å². The van der Waals surface area contributed by atoms with Gasteiger partial charge in [0.25, 0.3) is 0 Å². The number of likely N-dealkylation sites (tertiary alicyclic amines) is 1. The van der Waals surface area contributed by atoms with Gasteiger partial charge in [-0.1, -0.05) is 23.4 Å². The van der Waals surface area contributed by atoms with E-state index in [1.807, 2.05) is 47.8 Å². The van der Waals surface area contributed by atoms with Crippen molar-refractivity contribution in [1.29, 1.82) is 0 Å². The number of benzene rings is 1. The molecule has 1 unspecified atom stereocenters. The van der Waals surface area contributed by atoms with Gasteiger partial charge >= 0.3 is 0 Å². The number of hydrogen-bond acceptors (Lipinski definition) is 5. The van der Waals surface area contributed by atoms with E-state index in [0.717, 1.165) is 42.6 Å². The van der Waals surface area contributed by atoms with E-state index in [2.05, 4.69) is 22.0 Å². The van der Waals surface area contributed by atoms with E-state index >= 15 is 0 Å². The molecule has 0 radical (unpaired) electrons. The Morgan fingerprint density at radius 2 is 1.88 bits per heavy atom. The number of carbonyl (C=O) groups is 1. The number of hydrogen-bond donors (Lipinski definition) is 0. The molecule has 2 aromatic rings. The number of carbonyl (C=O) groups excluding carboxylic acids is 1. The Kier molecular flexibility index (Phi) is 6.21. The summed E-state index contributed by atoms with van der Waals surface area (Å²) in [6, 6.07) is 7.69. The number of nitrogens with zero attached hydrogens (tertiary/aromatic N) is 5. The fraction of sp³-hybridized carbons (Fsp3) is 0.500. The number of thioether (sulfide) groups is 1. The average molecular weight is 394 g/mol. The molecule has 0 aliphatic carbocycles. The first-order chi connectivity index (χ1) is 12.5. The molecule has 1 fully saturated rings. The monoisotopic (exact) mass is 393 g/mol. The molecule has 1 aromatic heterocycles. The maximum absolute atomic E-state index is 12.4. The first kappa shape index (κ1) is 19.2. The highest BCUT2D eigenvalue weighted by Crippen LogP contribution is 2.28. The Bertz CT molecular complexity index is 755. The minimum atomic E-state index is 0.0850. The summed E-state index contributed by atoms with van der Waals surface area (Å²) in [5.41, 5.74) is 0.944. The summed E-state index contributed by atoms with van der Waals surface area (Å²) in [5.74, 6) is 1.39. The van der Waals surface area contributed by atoms with Gasteiger partial charge in [0.1, 0.15) is 0 Å². The lowest BCUT2D eigenvalue weighted by Gasteiger charge is -2.20. The standard InChI is InChI=1S/C18H24ClN5OS/c1-13(22(2)3)17-20-21-18(24(17)15-8-6-14(19)7-9-15)26-12-16(25)23-10-4-5-11-23/h6-9,13H,4-5,10-12H2,1-3H3. The van der Waals surface area contributed by atoms with Crippen LogP contribution in [-0.2, 0) is 4.79 Å². The van der Waals surface area contributed by atoms with E-state index in [1.165, 1.54) is 11.8 Å². The Balaban J connectivity index is 1.86. The molecule has 1 aliphatic rings. The van der Waals surface area contributed by atoms with Crippen molar-refractivity contribution in [3.8, 4) is 5.69 Å². The van der Waals surface area contributed by atoms with E-state index in [9.17, 15) is 4.79 Å². The van der Waals surface area contributed by atoms with E-state index in [4.69, 9.17) is 11.6 Å². The van der Waals surface area contributed by atoms with Crippen LogP contribution in [-0.4, -0.2) is 63.4 Å². The Hall–Kier alpha value is -1.57. The maximum Gasteiger partial charge on any atom is 0.233 e. The summed E-state index contributed by atoms with van der Waals surface area (Å²) in [5, 5.41) is 10.2. The van der Waals surface area contributed by atoms with Crippen LogP contribution < -0.4 is 0 Å². The molecule has 0 N–H and O–H groups in total. The van der Waals surface area contributed by atoms with Gasteiger partial charge in [-0.3, -0.25) is 14.3 Å². The van der Waals surface area contributed by atoms with Gasteiger partial charge in [-0.15, -0.1) is 10.2 Å². The molecule has 3 rings (SSSR count). The third-order valence-electron chi connectivity index (χ3n) is 4.67. The van der Waals surface area contributed by atoms with Gasteiger partial charge in [0.2, 0.25) is 5.91 Å². The molecule has 1 atom stereocenters. The van der Waals surface area contributed by atoms with Crippen LogP contribution in [0.3, 0.4) is 0 Å². The van der Waals surface area contributed by atoms with Crippen molar-refractivity contribution in [2.75, 3.05) is 32.9 Å². The molecule has 8 heteroatoms. The predicted molar refractivity (Wildman–Crippen MR) is 105 cm³/mol. The Morgan fingerprint density at radius 1 is 1.23 bits per heavy atom. The predicted octanol–water partition coefficient (Wildman–Crippen LogP) is 3.26. The van der Waals surface area contributed by atoms with Gasteiger partial charge in [0.15, 0.2) is 11.0 Å². The van der Waals surface area contributed by atoms with Gasteiger partial charge in [-0.05, 0) is 58.1 Å². The lowest BCUT2D eigenvalue weighted by Crippen LogP contribution is -2.29. The molecule has 1 saturated heterocycles. The van der Waals surface area contributed by atoms with Gasteiger partial charge in [-0.2, -0.15) is 0 Å². The fourth-order valence-corrected chi connectivity index (χ4v) is 3.88. The maximum atomic E-state index is 12.4. The average Bonchev–Trinajstić information content (AvgIpc) is 3.29. The third-order valence-corrected chi connectivity index (χ3v) is 5.84. The zero-order valence-electron chi connectivity index (χ0n) is 15.4. The van der Waals surface area contributed by atoms with E-state index in [0.29, 0.717) is 10.8 Å². The summed E-state index contributed by atoms with van der Waals surface area (Å²) < 4.78 is 2.02. The minimum Gasteiger partial charge on any atom is -0.342 e. The van der Waals surface area contributed by atoms with Gasteiger partial charge < -0.3 is 4.90 Å². The van der Waals surface area contributed by atoms with Crippen molar-refractivity contribution in [2.24, 2.45) is 0 Å². The van der Waals surface area contributed by atoms with Crippen molar-refractivity contribution < 1.29 is 4.79 Å². The zero-order chi connectivity index (χ0) is 18.7. The van der Waals surface area contributed by atoms with Crippen molar-refractivity contribution >= 4 is 29.3 Å². The number of rotatable bonds is 6. The molecule has 0 spiro atoms. The highest BCUT2D eigenvalue weighted by Gasteiger charge is 2.23. The lowest BCUT2D eigenvalue weighted by molar-refractivity contribution is -0.127. The summed E-state index contributed by atoms with van der Waals surface area (Å²) in [6.07, 6.45) is 2.20. The summed E-state index contributed by atoms with van der Waals surface area (Å²) in [4.78, 5) is 16.4. The van der Waals surface area contributed by atoms with E-state index in [-0.39, 0.29) is 11.9 Å². The minimum absolute atomic E-state index is 0.0850. The van der Waals surface area contributed by atoms with Crippen LogP contribution in [0.1, 0.15) is 31.6 Å². The molecule has 1 aliphatic heterocycles. The molecular formula is C18H24ClN5OS. The zero-order valence-corrected chi connectivity index (χ0v) is 16.9. The van der Waals surface area contributed by atoms with E-state index < -0.39 is 0 Å². The molecule has 2 heterocycles. The molecule has 0 saturated carbocycles. The Morgan fingerprint density at radius 3 is 2.50 bits per heavy atom. The van der Waals surface area contributed by atoms with Crippen molar-refractivity contribution in [2.45, 2.75) is 31.0 Å². The first-order valence-corrected chi connectivity index (χ1v) is 10.1. The normalized spacial score (nSPS) is 15.7. The highest BCUT2D eigenvalue weighted by molar-refractivity contribution is 7.99. The second-order valence-electron chi connectivity index (χ2n) is 6.67. The SMILES string of the molecule is CC(c1nnc(SCC(=O)N2CCCC2)n1-c1ccc(Cl)cc1)N(C)C. The van der Waals surface area contributed by atoms with Crippen molar-refractivity contribution in [3.63, 3.8) is 0 Å². The van der Waals surface area contributed by atoms with Crippen LogP contribution in [0.25, 0.3) is 5.69 Å². The van der Waals surface area contributed by atoms with Crippen LogP contribution in [0.15, 0.2) is 29.4 Å². The highest BCUT2D eigenvalue weighted by atomic mass is 35.5. The first-order valence-electron chi connectivity index (χ1n) is 8.75. The summed E-state index contributed by atoms with van der Waals surface area (Å²) in [7, 11) is 4.02. The van der Waals surface area contributed by atoms with Crippen LogP contribution >= 0.6 is 23.4 Å². The van der Waals surface area contributed by atoms with Crippen LogP contribution in [0.5, 0.6) is 0 Å². The fourth-order valence-electron chi connectivity index (χ4n) is 2.89. The quantitative estimate of drug-likeness (QED) is 0.705. The lowest BCUT2D eigenvalue weighted by atomic mass is 10.2. The molecule has 26 heavy (non-hydrogen) atoms. The molecule has 1 amide bonds. The molecule has 140 valence electrons. The third kappa shape index (κ3) is 4.22. The molecular weight excluding hydrogens is 370 g/mol. The van der Waals surface area contributed by atoms with Gasteiger partial charge in [-0.25, -0.2) is 0 Å². The Labute approximate surface area is 163 Å². The van der Waals surface area contributed by atoms with E-state index in [1.54, 1.807) is 0 Å². The van der Waals surface area contributed by atoms with Gasteiger partial charge in [0, 0.05) is 23.8 Å². The second kappa shape index (κ2) is 8.41. The molecule has 0 bridgehead atoms. The van der Waals surface area contributed by atoms with Crippen LogP contribution in [0.4, 0.5) is 0 Å².